The van der Waals surface area contributed by atoms with Gasteiger partial charge >= 0.3 is 0 Å². The Hall–Kier alpha value is -1.86. The number of thiophene rings is 1. The number of hydrogen-bond acceptors (Lipinski definition) is 5. The van der Waals surface area contributed by atoms with Crippen LogP contribution in [0, 0.1) is 0 Å². The maximum absolute atomic E-state index is 13.4. The van der Waals surface area contributed by atoms with Gasteiger partial charge in [-0.25, -0.2) is 4.99 Å². The van der Waals surface area contributed by atoms with Crippen molar-refractivity contribution in [2.45, 2.75) is 77.7 Å². The number of aliphatic imine (C=N–C) groups is 1. The molecule has 2 aromatic rings. The molecule has 1 saturated carbocycles. The molecule has 1 heterocycles. The molecule has 5 nitrogen and oxygen atoms in total. The molecule has 0 atom stereocenters. The topological polar surface area (TPSA) is 59.9 Å². The van der Waals surface area contributed by atoms with E-state index < -0.39 is 0 Å². The van der Waals surface area contributed by atoms with Crippen LogP contribution in [0.25, 0.3) is 0 Å². The van der Waals surface area contributed by atoms with Crippen molar-refractivity contribution in [3.05, 3.63) is 38.2 Å². The summed E-state index contributed by atoms with van der Waals surface area (Å²) in [6.45, 7) is 5.05. The number of fused-ring (bicyclic) bond motifs is 1. The summed E-state index contributed by atoms with van der Waals surface area (Å²) in [5, 5.41) is 4.13. The average molecular weight is 534 g/mol. The predicted octanol–water partition coefficient (Wildman–Crippen LogP) is 7.00. The molecule has 33 heavy (non-hydrogen) atoms. The Kier molecular flexibility index (Phi) is 8.47. The molecule has 1 aromatic carbocycles. The molecule has 178 valence electrons. The third-order valence-corrected chi connectivity index (χ3v) is 8.12. The van der Waals surface area contributed by atoms with Crippen LogP contribution in [0.2, 0.25) is 0 Å². The quantitative estimate of drug-likeness (QED) is 0.372. The highest BCUT2D eigenvalue weighted by Crippen LogP contribution is 2.40. The molecule has 0 unspecified atom stereocenters. The molecule has 0 bridgehead atoms. The molecule has 0 saturated heterocycles. The van der Waals surface area contributed by atoms with Gasteiger partial charge in [0.1, 0.15) is 16.5 Å². The standard InChI is InChI=1S/C26H33BrN2O3S/c1-3-31-21-15-22(32-4-2)20(27)14-17(21)16-28-26-24(19-12-8-9-13-23(19)33-26)25(30)29-18-10-6-5-7-11-18/h14-16,18H,3-13H2,1-2H3,(H,29,30). The minimum atomic E-state index is 0.0476. The van der Waals surface area contributed by atoms with Crippen molar-refractivity contribution in [2.24, 2.45) is 4.99 Å². The number of hydrogen-bond donors (Lipinski definition) is 1. The number of amides is 1. The van der Waals surface area contributed by atoms with Crippen LogP contribution in [0.3, 0.4) is 0 Å². The lowest BCUT2D eigenvalue weighted by Gasteiger charge is -2.23. The van der Waals surface area contributed by atoms with Gasteiger partial charge in [0.25, 0.3) is 5.91 Å². The number of carbonyl (C=O) groups excluding carboxylic acids is 1. The monoisotopic (exact) mass is 532 g/mol. The maximum atomic E-state index is 13.4. The van der Waals surface area contributed by atoms with Crippen LogP contribution >= 0.6 is 27.3 Å². The molecule has 2 aliphatic rings. The van der Waals surface area contributed by atoms with E-state index in [1.165, 1.54) is 36.1 Å². The molecule has 1 fully saturated rings. The summed E-state index contributed by atoms with van der Waals surface area (Å²) < 4.78 is 12.4. The number of rotatable bonds is 8. The Bertz CT molecular complexity index is 1010. The minimum Gasteiger partial charge on any atom is -0.493 e. The van der Waals surface area contributed by atoms with Crippen LogP contribution in [0.5, 0.6) is 11.5 Å². The second-order valence-electron chi connectivity index (χ2n) is 8.64. The van der Waals surface area contributed by atoms with Crippen LogP contribution < -0.4 is 14.8 Å². The summed E-state index contributed by atoms with van der Waals surface area (Å²) in [5.41, 5.74) is 2.86. The van der Waals surface area contributed by atoms with Gasteiger partial charge in [0, 0.05) is 28.8 Å². The van der Waals surface area contributed by atoms with Gasteiger partial charge in [-0.3, -0.25) is 4.79 Å². The fourth-order valence-electron chi connectivity index (χ4n) is 4.71. The van der Waals surface area contributed by atoms with Crippen LogP contribution in [-0.4, -0.2) is 31.4 Å². The number of nitrogens with one attached hydrogen (secondary N) is 1. The maximum Gasteiger partial charge on any atom is 0.254 e. The molecule has 4 rings (SSSR count). The zero-order valence-corrected chi connectivity index (χ0v) is 21.9. The molecule has 7 heteroatoms. The van der Waals surface area contributed by atoms with Gasteiger partial charge in [-0.15, -0.1) is 11.3 Å². The first-order valence-electron chi connectivity index (χ1n) is 12.2. The second-order valence-corrected chi connectivity index (χ2v) is 10.6. The number of aryl methyl sites for hydroxylation is 1. The minimum absolute atomic E-state index is 0.0476. The smallest absolute Gasteiger partial charge is 0.254 e. The van der Waals surface area contributed by atoms with Crippen LogP contribution in [0.4, 0.5) is 5.00 Å². The van der Waals surface area contributed by atoms with E-state index in [4.69, 9.17) is 14.5 Å². The van der Waals surface area contributed by atoms with Crippen LogP contribution in [0.15, 0.2) is 21.6 Å². The first-order valence-corrected chi connectivity index (χ1v) is 13.8. The number of nitrogens with zero attached hydrogens (tertiary/aromatic N) is 1. The van der Waals surface area contributed by atoms with Gasteiger partial charge in [0.2, 0.25) is 0 Å². The first kappa shape index (κ1) is 24.3. The van der Waals surface area contributed by atoms with Gasteiger partial charge in [-0.1, -0.05) is 19.3 Å². The van der Waals surface area contributed by atoms with Crippen molar-refractivity contribution < 1.29 is 14.3 Å². The van der Waals surface area contributed by atoms with Gasteiger partial charge in [-0.05, 0) is 79.9 Å². The van der Waals surface area contributed by atoms with Gasteiger partial charge < -0.3 is 14.8 Å². The summed E-state index contributed by atoms with van der Waals surface area (Å²) in [4.78, 5) is 19.6. The van der Waals surface area contributed by atoms with E-state index in [-0.39, 0.29) is 11.9 Å². The van der Waals surface area contributed by atoms with E-state index >= 15 is 0 Å². The summed E-state index contributed by atoms with van der Waals surface area (Å²) in [6.07, 6.45) is 12.0. The van der Waals surface area contributed by atoms with Gasteiger partial charge in [0.05, 0.1) is 23.2 Å². The van der Waals surface area contributed by atoms with Gasteiger partial charge in [0.15, 0.2) is 0 Å². The Morgan fingerprint density at radius 3 is 2.58 bits per heavy atom. The molecule has 1 N–H and O–H groups in total. The zero-order chi connectivity index (χ0) is 23.2. The van der Waals surface area contributed by atoms with E-state index in [1.54, 1.807) is 11.3 Å². The van der Waals surface area contributed by atoms with Crippen molar-refractivity contribution in [2.75, 3.05) is 13.2 Å². The largest absolute Gasteiger partial charge is 0.493 e. The molecule has 1 aromatic heterocycles. The third-order valence-electron chi connectivity index (χ3n) is 6.31. The van der Waals surface area contributed by atoms with Gasteiger partial charge in [-0.2, -0.15) is 0 Å². The van der Waals surface area contributed by atoms with Crippen molar-refractivity contribution in [1.29, 1.82) is 0 Å². The predicted molar refractivity (Wildman–Crippen MR) is 139 cm³/mol. The Balaban J connectivity index is 1.65. The van der Waals surface area contributed by atoms with Crippen molar-refractivity contribution in [3.63, 3.8) is 0 Å². The van der Waals surface area contributed by atoms with Crippen molar-refractivity contribution >= 4 is 44.4 Å². The SMILES string of the molecule is CCOc1cc(OCC)c(C=Nc2sc3c(c2C(=O)NC2CCCCC2)CCCC3)cc1Br. The van der Waals surface area contributed by atoms with E-state index in [1.807, 2.05) is 32.2 Å². The molecule has 1 amide bonds. The van der Waals surface area contributed by atoms with Crippen molar-refractivity contribution in [1.82, 2.24) is 5.32 Å². The molecular weight excluding hydrogens is 500 g/mol. The lowest BCUT2D eigenvalue weighted by atomic mass is 9.93. The molecule has 0 aliphatic heterocycles. The lowest BCUT2D eigenvalue weighted by Crippen LogP contribution is -2.36. The summed E-state index contributed by atoms with van der Waals surface area (Å²) in [5.74, 6) is 1.52. The van der Waals surface area contributed by atoms with E-state index in [2.05, 4.69) is 21.2 Å². The lowest BCUT2D eigenvalue weighted by molar-refractivity contribution is 0.0927. The average Bonchev–Trinajstić information content (AvgIpc) is 3.19. The highest BCUT2D eigenvalue weighted by molar-refractivity contribution is 9.10. The number of carbonyl (C=O) groups is 1. The fraction of sp³-hybridized carbons (Fsp3) is 0.538. The Morgan fingerprint density at radius 2 is 1.82 bits per heavy atom. The number of halogens is 1. The third kappa shape index (κ3) is 5.80. The Morgan fingerprint density at radius 1 is 1.09 bits per heavy atom. The fourth-order valence-corrected chi connectivity index (χ4v) is 6.41. The molecule has 2 aliphatic carbocycles. The summed E-state index contributed by atoms with van der Waals surface area (Å²) >= 11 is 5.27. The van der Waals surface area contributed by atoms with Crippen molar-refractivity contribution in [3.8, 4) is 11.5 Å². The number of benzene rings is 1. The molecular formula is C26H33BrN2O3S. The second kappa shape index (κ2) is 11.5. The Labute approximate surface area is 209 Å². The first-order chi connectivity index (χ1) is 16.1. The highest BCUT2D eigenvalue weighted by Gasteiger charge is 2.27. The van der Waals surface area contributed by atoms with E-state index in [0.717, 1.165) is 64.2 Å². The van der Waals surface area contributed by atoms with E-state index in [9.17, 15) is 4.79 Å². The van der Waals surface area contributed by atoms with E-state index in [0.29, 0.717) is 13.2 Å². The summed E-state index contributed by atoms with van der Waals surface area (Å²) in [6, 6.07) is 4.15. The molecule has 0 spiro atoms. The zero-order valence-electron chi connectivity index (χ0n) is 19.5. The highest BCUT2D eigenvalue weighted by atomic mass is 79.9. The summed E-state index contributed by atoms with van der Waals surface area (Å²) in [7, 11) is 0. The van der Waals surface area contributed by atoms with Crippen LogP contribution in [-0.2, 0) is 12.8 Å². The van der Waals surface area contributed by atoms with Crippen LogP contribution in [0.1, 0.15) is 85.2 Å². The number of ether oxygens (including phenoxy) is 2. The normalized spacial score (nSPS) is 16.6. The molecule has 0 radical (unpaired) electrons.